The first-order valence-corrected chi connectivity index (χ1v) is 6.07. The number of ether oxygens (including phenoxy) is 1. The van der Waals surface area contributed by atoms with Gasteiger partial charge in [-0.1, -0.05) is 6.42 Å². The van der Waals surface area contributed by atoms with E-state index in [4.69, 9.17) is 4.74 Å². The lowest BCUT2D eigenvalue weighted by atomic mass is 10.0. The molecule has 1 heterocycles. The topological polar surface area (TPSA) is 21.3 Å². The molecule has 0 aromatic heterocycles. The first kappa shape index (κ1) is 12.3. The Bertz CT molecular complexity index is 364. The van der Waals surface area contributed by atoms with Gasteiger partial charge in [-0.3, -0.25) is 0 Å². The predicted octanol–water partition coefficient (Wildman–Crippen LogP) is 2.88. The summed E-state index contributed by atoms with van der Waals surface area (Å²) in [5.41, 5.74) is 0. The standard InChI is InChI=1S/C13H17F2NO/c14-12-5-4-11(9-13(12)15)17-8-6-10-3-1-2-7-16-10/h4-5,9-10,16H,1-3,6-8H2/t10-/m0/s1. The molecular weight excluding hydrogens is 224 g/mol. The summed E-state index contributed by atoms with van der Waals surface area (Å²) in [6.07, 6.45) is 4.56. The van der Waals surface area contributed by atoms with Gasteiger partial charge in [0.05, 0.1) is 6.61 Å². The van der Waals surface area contributed by atoms with Gasteiger partial charge in [-0.15, -0.1) is 0 Å². The van der Waals surface area contributed by atoms with Crippen LogP contribution in [0.4, 0.5) is 8.78 Å². The fraction of sp³-hybridized carbons (Fsp3) is 0.538. The van der Waals surface area contributed by atoms with Crippen LogP contribution in [0.3, 0.4) is 0 Å². The maximum atomic E-state index is 12.9. The molecule has 1 aromatic carbocycles. The minimum atomic E-state index is -0.863. The molecule has 0 unspecified atom stereocenters. The van der Waals surface area contributed by atoms with Crippen molar-refractivity contribution in [1.82, 2.24) is 5.32 Å². The molecule has 0 aliphatic carbocycles. The summed E-state index contributed by atoms with van der Waals surface area (Å²) >= 11 is 0. The van der Waals surface area contributed by atoms with Crippen LogP contribution in [0.5, 0.6) is 5.75 Å². The summed E-state index contributed by atoms with van der Waals surface area (Å²) in [5, 5.41) is 3.41. The third-order valence-electron chi connectivity index (χ3n) is 3.04. The summed E-state index contributed by atoms with van der Waals surface area (Å²) < 4.78 is 31.0. The Morgan fingerprint density at radius 1 is 1.24 bits per heavy atom. The number of benzene rings is 1. The quantitative estimate of drug-likeness (QED) is 0.875. The number of halogens is 2. The lowest BCUT2D eigenvalue weighted by Crippen LogP contribution is -2.35. The molecular formula is C13H17F2NO. The molecule has 2 rings (SSSR count). The number of hydrogen-bond acceptors (Lipinski definition) is 2. The monoisotopic (exact) mass is 241 g/mol. The zero-order valence-electron chi connectivity index (χ0n) is 9.72. The molecule has 1 fully saturated rings. The van der Waals surface area contributed by atoms with Crippen LogP contribution < -0.4 is 10.1 Å². The van der Waals surface area contributed by atoms with E-state index in [1.165, 1.54) is 25.3 Å². The van der Waals surface area contributed by atoms with Gasteiger partial charge in [-0.05, 0) is 37.9 Å². The smallest absolute Gasteiger partial charge is 0.162 e. The molecule has 4 heteroatoms. The van der Waals surface area contributed by atoms with Crippen LogP contribution in [0.2, 0.25) is 0 Å². The van der Waals surface area contributed by atoms with Gasteiger partial charge in [0, 0.05) is 12.1 Å². The molecule has 1 aromatic rings. The van der Waals surface area contributed by atoms with E-state index in [0.717, 1.165) is 25.1 Å². The molecule has 0 spiro atoms. The van der Waals surface area contributed by atoms with Crippen molar-refractivity contribution in [3.05, 3.63) is 29.8 Å². The van der Waals surface area contributed by atoms with Crippen LogP contribution in [0.25, 0.3) is 0 Å². The van der Waals surface area contributed by atoms with Crippen molar-refractivity contribution in [1.29, 1.82) is 0 Å². The lowest BCUT2D eigenvalue weighted by molar-refractivity contribution is 0.267. The Morgan fingerprint density at radius 3 is 2.82 bits per heavy atom. The van der Waals surface area contributed by atoms with Crippen molar-refractivity contribution in [3.8, 4) is 5.75 Å². The van der Waals surface area contributed by atoms with E-state index < -0.39 is 11.6 Å². The van der Waals surface area contributed by atoms with Crippen molar-refractivity contribution in [2.24, 2.45) is 0 Å². The van der Waals surface area contributed by atoms with E-state index in [1.807, 2.05) is 0 Å². The first-order valence-electron chi connectivity index (χ1n) is 6.07. The van der Waals surface area contributed by atoms with Crippen LogP contribution in [-0.2, 0) is 0 Å². The molecule has 1 aliphatic heterocycles. The normalized spacial score (nSPS) is 20.2. The molecule has 1 N–H and O–H groups in total. The molecule has 0 radical (unpaired) electrons. The van der Waals surface area contributed by atoms with Gasteiger partial charge < -0.3 is 10.1 Å². The molecule has 1 atom stereocenters. The SMILES string of the molecule is Fc1ccc(OCC[C@@H]2CCCCN2)cc1F. The molecule has 17 heavy (non-hydrogen) atoms. The van der Waals surface area contributed by atoms with Gasteiger partial charge in [0.15, 0.2) is 11.6 Å². The van der Waals surface area contributed by atoms with E-state index in [9.17, 15) is 8.78 Å². The van der Waals surface area contributed by atoms with Crippen LogP contribution in [-0.4, -0.2) is 19.2 Å². The highest BCUT2D eigenvalue weighted by atomic mass is 19.2. The second-order valence-electron chi connectivity index (χ2n) is 4.36. The van der Waals surface area contributed by atoms with Crippen molar-refractivity contribution >= 4 is 0 Å². The fourth-order valence-electron chi connectivity index (χ4n) is 2.06. The van der Waals surface area contributed by atoms with E-state index in [2.05, 4.69) is 5.32 Å². The Labute approximate surface area is 100.0 Å². The van der Waals surface area contributed by atoms with Crippen molar-refractivity contribution < 1.29 is 13.5 Å². The lowest BCUT2D eigenvalue weighted by Gasteiger charge is -2.23. The number of piperidine rings is 1. The predicted molar refractivity (Wildman–Crippen MR) is 62.1 cm³/mol. The molecule has 2 nitrogen and oxygen atoms in total. The summed E-state index contributed by atoms with van der Waals surface area (Å²) in [7, 11) is 0. The summed E-state index contributed by atoms with van der Waals surface area (Å²) in [5.74, 6) is -1.32. The van der Waals surface area contributed by atoms with Gasteiger partial charge in [-0.2, -0.15) is 0 Å². The summed E-state index contributed by atoms with van der Waals surface area (Å²) in [6.45, 7) is 1.60. The van der Waals surface area contributed by atoms with Crippen LogP contribution in [0, 0.1) is 11.6 Å². The third-order valence-corrected chi connectivity index (χ3v) is 3.04. The minimum absolute atomic E-state index is 0.389. The second kappa shape index (κ2) is 5.96. The fourth-order valence-corrected chi connectivity index (χ4v) is 2.06. The van der Waals surface area contributed by atoms with Gasteiger partial charge >= 0.3 is 0 Å². The number of hydrogen-bond donors (Lipinski definition) is 1. The summed E-state index contributed by atoms with van der Waals surface area (Å²) in [4.78, 5) is 0. The third kappa shape index (κ3) is 3.66. The highest BCUT2D eigenvalue weighted by Gasteiger charge is 2.12. The maximum absolute atomic E-state index is 12.9. The van der Waals surface area contributed by atoms with Gasteiger partial charge in [-0.25, -0.2) is 8.78 Å². The van der Waals surface area contributed by atoms with E-state index in [-0.39, 0.29) is 0 Å². The Hall–Kier alpha value is -1.16. The Balaban J connectivity index is 1.75. The van der Waals surface area contributed by atoms with E-state index >= 15 is 0 Å². The number of nitrogens with one attached hydrogen (secondary N) is 1. The number of rotatable bonds is 4. The van der Waals surface area contributed by atoms with E-state index in [0.29, 0.717) is 18.4 Å². The van der Waals surface area contributed by atoms with Crippen molar-refractivity contribution in [3.63, 3.8) is 0 Å². The van der Waals surface area contributed by atoms with Crippen molar-refractivity contribution in [2.75, 3.05) is 13.2 Å². The average molecular weight is 241 g/mol. The molecule has 1 saturated heterocycles. The van der Waals surface area contributed by atoms with Crippen LogP contribution >= 0.6 is 0 Å². The van der Waals surface area contributed by atoms with Gasteiger partial charge in [0.25, 0.3) is 0 Å². The second-order valence-corrected chi connectivity index (χ2v) is 4.36. The molecule has 94 valence electrons. The Morgan fingerprint density at radius 2 is 2.12 bits per heavy atom. The minimum Gasteiger partial charge on any atom is -0.493 e. The summed E-state index contributed by atoms with van der Waals surface area (Å²) in [6, 6.07) is 4.12. The largest absolute Gasteiger partial charge is 0.493 e. The Kier molecular flexibility index (Phi) is 4.31. The highest BCUT2D eigenvalue weighted by Crippen LogP contribution is 2.16. The van der Waals surface area contributed by atoms with E-state index in [1.54, 1.807) is 0 Å². The molecule has 0 saturated carbocycles. The van der Waals surface area contributed by atoms with Crippen LogP contribution in [0.1, 0.15) is 25.7 Å². The zero-order chi connectivity index (χ0) is 12.1. The average Bonchev–Trinajstić information content (AvgIpc) is 2.35. The molecule has 1 aliphatic rings. The van der Waals surface area contributed by atoms with Gasteiger partial charge in [0.1, 0.15) is 5.75 Å². The first-order chi connectivity index (χ1) is 8.25. The zero-order valence-corrected chi connectivity index (χ0v) is 9.72. The molecule has 0 bridgehead atoms. The highest BCUT2D eigenvalue weighted by molar-refractivity contribution is 5.23. The van der Waals surface area contributed by atoms with Crippen molar-refractivity contribution in [2.45, 2.75) is 31.7 Å². The molecule has 0 amide bonds. The van der Waals surface area contributed by atoms with Gasteiger partial charge in [0.2, 0.25) is 0 Å². The van der Waals surface area contributed by atoms with Crippen LogP contribution in [0.15, 0.2) is 18.2 Å². The maximum Gasteiger partial charge on any atom is 0.162 e.